The zero-order valence-electron chi connectivity index (χ0n) is 20.3. The van der Waals surface area contributed by atoms with Gasteiger partial charge in [0.15, 0.2) is 5.76 Å². The van der Waals surface area contributed by atoms with Crippen molar-refractivity contribution in [2.24, 2.45) is 0 Å². The van der Waals surface area contributed by atoms with Crippen LogP contribution in [0.25, 0.3) is 0 Å². The molecule has 0 saturated carbocycles. The normalized spacial score (nSPS) is 21.7. The van der Waals surface area contributed by atoms with Gasteiger partial charge < -0.3 is 34.8 Å². The molecular formula is C24H31N5O6. The van der Waals surface area contributed by atoms with Gasteiger partial charge >= 0.3 is 6.03 Å². The SMILES string of the molecule is CCNC(=O)C[C@H]1CC[C@H]2[C@H](COc3ccc(NC(=O)Nc4c(C)noc4C)cc3C(=O)N2C)O1. The number of fused-ring (bicyclic) bond motifs is 2. The number of benzene rings is 1. The summed E-state index contributed by atoms with van der Waals surface area (Å²) in [6, 6.07) is 4.26. The first-order chi connectivity index (χ1) is 16.8. The lowest BCUT2D eigenvalue weighted by Crippen LogP contribution is -2.54. The van der Waals surface area contributed by atoms with Crippen LogP contribution in [-0.4, -0.2) is 66.4 Å². The summed E-state index contributed by atoms with van der Waals surface area (Å²) in [6.07, 6.45) is 1.11. The van der Waals surface area contributed by atoms with Crippen LogP contribution in [0.1, 0.15) is 48.0 Å². The third kappa shape index (κ3) is 5.40. The third-order valence-electron chi connectivity index (χ3n) is 6.33. The summed E-state index contributed by atoms with van der Waals surface area (Å²) in [7, 11) is 1.74. The fraction of sp³-hybridized carbons (Fsp3) is 0.500. The number of urea groups is 1. The van der Waals surface area contributed by atoms with E-state index in [1.165, 1.54) is 0 Å². The van der Waals surface area contributed by atoms with Crippen molar-refractivity contribution in [2.75, 3.05) is 30.8 Å². The monoisotopic (exact) mass is 485 g/mol. The zero-order valence-corrected chi connectivity index (χ0v) is 20.3. The van der Waals surface area contributed by atoms with Gasteiger partial charge in [-0.15, -0.1) is 0 Å². The lowest BCUT2D eigenvalue weighted by Gasteiger charge is -2.42. The molecule has 4 amide bonds. The van der Waals surface area contributed by atoms with Gasteiger partial charge in [-0.1, -0.05) is 5.16 Å². The second-order valence-electron chi connectivity index (χ2n) is 8.82. The highest BCUT2D eigenvalue weighted by atomic mass is 16.5. The summed E-state index contributed by atoms with van der Waals surface area (Å²) < 4.78 is 17.2. The van der Waals surface area contributed by atoms with Gasteiger partial charge in [0.05, 0.1) is 24.1 Å². The highest BCUT2D eigenvalue weighted by Crippen LogP contribution is 2.32. The number of anilines is 2. The van der Waals surface area contributed by atoms with Gasteiger partial charge in [0.2, 0.25) is 5.91 Å². The van der Waals surface area contributed by atoms with Crippen molar-refractivity contribution < 1.29 is 28.4 Å². The number of carbonyl (C=O) groups excluding carboxylic acids is 3. The maximum Gasteiger partial charge on any atom is 0.323 e. The van der Waals surface area contributed by atoms with E-state index >= 15 is 0 Å². The van der Waals surface area contributed by atoms with E-state index in [9.17, 15) is 14.4 Å². The van der Waals surface area contributed by atoms with Crippen molar-refractivity contribution in [1.82, 2.24) is 15.4 Å². The second-order valence-corrected chi connectivity index (χ2v) is 8.82. The van der Waals surface area contributed by atoms with Crippen LogP contribution in [0, 0.1) is 13.8 Å². The molecule has 2 aliphatic heterocycles. The molecule has 2 aliphatic rings. The smallest absolute Gasteiger partial charge is 0.323 e. The first-order valence-electron chi connectivity index (χ1n) is 11.7. The molecule has 2 aromatic rings. The summed E-state index contributed by atoms with van der Waals surface area (Å²) in [6.45, 7) is 6.14. The standard InChI is InChI=1S/C24H31N5O6/c1-5-25-21(30)11-16-7-8-18-20(34-16)12-33-19-9-6-15(10-17(19)23(31)29(18)4)26-24(32)27-22-13(2)28-35-14(22)3/h6,9-10,16,18,20H,5,7-8,11-12H2,1-4H3,(H,25,30)(H2,26,27,32)/t16-,18+,20+/m1/s1. The fourth-order valence-electron chi connectivity index (χ4n) is 4.52. The Bertz CT molecular complexity index is 1100. The Kier molecular flexibility index (Phi) is 7.25. The second kappa shape index (κ2) is 10.3. The minimum absolute atomic E-state index is 0.0455. The number of hydrogen-bond acceptors (Lipinski definition) is 7. The van der Waals surface area contributed by atoms with Crippen molar-refractivity contribution >= 4 is 29.2 Å². The number of nitrogens with one attached hydrogen (secondary N) is 3. The number of carbonyl (C=O) groups is 3. The molecule has 1 aromatic carbocycles. The van der Waals surface area contributed by atoms with Crippen LogP contribution >= 0.6 is 0 Å². The molecule has 0 spiro atoms. The molecule has 0 bridgehead atoms. The van der Waals surface area contributed by atoms with E-state index in [4.69, 9.17) is 14.0 Å². The number of ether oxygens (including phenoxy) is 2. The van der Waals surface area contributed by atoms with E-state index in [-0.39, 0.29) is 43.1 Å². The van der Waals surface area contributed by atoms with Crippen LogP contribution in [0.3, 0.4) is 0 Å². The minimum atomic E-state index is -0.481. The van der Waals surface area contributed by atoms with Crippen molar-refractivity contribution in [3.05, 3.63) is 35.2 Å². The number of hydrogen-bond donors (Lipinski definition) is 3. The van der Waals surface area contributed by atoms with Gasteiger partial charge in [0.1, 0.15) is 29.8 Å². The Morgan fingerprint density at radius 1 is 1.20 bits per heavy atom. The van der Waals surface area contributed by atoms with Crippen LogP contribution in [0.2, 0.25) is 0 Å². The van der Waals surface area contributed by atoms with E-state index in [1.54, 1.807) is 44.0 Å². The van der Waals surface area contributed by atoms with Crippen molar-refractivity contribution in [2.45, 2.75) is 58.3 Å². The molecule has 1 fully saturated rings. The van der Waals surface area contributed by atoms with Crippen LogP contribution < -0.4 is 20.7 Å². The molecule has 188 valence electrons. The molecule has 4 rings (SSSR count). The van der Waals surface area contributed by atoms with Crippen LogP contribution in [-0.2, 0) is 9.53 Å². The highest BCUT2D eigenvalue weighted by molar-refractivity contribution is 6.03. The van der Waals surface area contributed by atoms with E-state index in [1.807, 2.05) is 6.92 Å². The average Bonchev–Trinajstić information content (AvgIpc) is 3.14. The summed E-state index contributed by atoms with van der Waals surface area (Å²) in [5, 5.41) is 12.1. The molecule has 1 aromatic heterocycles. The summed E-state index contributed by atoms with van der Waals surface area (Å²) in [5.41, 5.74) is 1.86. The van der Waals surface area contributed by atoms with E-state index in [0.717, 1.165) is 0 Å². The number of rotatable bonds is 5. The molecule has 11 heteroatoms. The molecule has 0 aliphatic carbocycles. The average molecular weight is 486 g/mol. The summed E-state index contributed by atoms with van der Waals surface area (Å²) in [5.74, 6) is 0.635. The largest absolute Gasteiger partial charge is 0.490 e. The predicted molar refractivity (Wildman–Crippen MR) is 128 cm³/mol. The fourth-order valence-corrected chi connectivity index (χ4v) is 4.52. The maximum absolute atomic E-state index is 13.3. The third-order valence-corrected chi connectivity index (χ3v) is 6.33. The van der Waals surface area contributed by atoms with Gasteiger partial charge in [-0.2, -0.15) is 0 Å². The quantitative estimate of drug-likeness (QED) is 0.593. The Balaban J connectivity index is 1.46. The molecule has 0 radical (unpaired) electrons. The molecule has 35 heavy (non-hydrogen) atoms. The molecular weight excluding hydrogens is 454 g/mol. The van der Waals surface area contributed by atoms with E-state index in [0.29, 0.717) is 53.5 Å². The number of nitrogens with zero attached hydrogens (tertiary/aromatic N) is 2. The Labute approximate surface area is 203 Å². The van der Waals surface area contributed by atoms with Crippen LogP contribution in [0.5, 0.6) is 5.75 Å². The van der Waals surface area contributed by atoms with Crippen LogP contribution in [0.15, 0.2) is 22.7 Å². The van der Waals surface area contributed by atoms with Gasteiger partial charge in [-0.3, -0.25) is 9.59 Å². The zero-order chi connectivity index (χ0) is 25.1. The molecule has 1 saturated heterocycles. The van der Waals surface area contributed by atoms with Gasteiger partial charge in [-0.25, -0.2) is 4.79 Å². The van der Waals surface area contributed by atoms with Crippen molar-refractivity contribution in [3.8, 4) is 5.75 Å². The number of aromatic nitrogens is 1. The Morgan fingerprint density at radius 3 is 2.71 bits per heavy atom. The highest BCUT2D eigenvalue weighted by Gasteiger charge is 2.39. The van der Waals surface area contributed by atoms with Gasteiger partial charge in [0, 0.05) is 19.3 Å². The minimum Gasteiger partial charge on any atom is -0.490 e. The molecule has 11 nitrogen and oxygen atoms in total. The summed E-state index contributed by atoms with van der Waals surface area (Å²) in [4.78, 5) is 39.5. The van der Waals surface area contributed by atoms with E-state index < -0.39 is 6.03 Å². The molecule has 0 unspecified atom stereocenters. The number of likely N-dealkylation sites (N-methyl/N-ethyl adjacent to an activating group) is 1. The predicted octanol–water partition coefficient (Wildman–Crippen LogP) is 2.84. The summed E-state index contributed by atoms with van der Waals surface area (Å²) >= 11 is 0. The Morgan fingerprint density at radius 2 is 2.00 bits per heavy atom. The number of amides is 4. The first-order valence-corrected chi connectivity index (χ1v) is 11.7. The maximum atomic E-state index is 13.3. The molecule has 3 atom stereocenters. The van der Waals surface area contributed by atoms with Gasteiger partial charge in [0.25, 0.3) is 5.91 Å². The topological polar surface area (TPSA) is 135 Å². The lowest BCUT2D eigenvalue weighted by atomic mass is 9.94. The number of aryl methyl sites for hydroxylation is 2. The van der Waals surface area contributed by atoms with E-state index in [2.05, 4.69) is 21.1 Å². The van der Waals surface area contributed by atoms with Crippen molar-refractivity contribution in [3.63, 3.8) is 0 Å². The van der Waals surface area contributed by atoms with Gasteiger partial charge in [-0.05, 0) is 51.8 Å². The Hall–Kier alpha value is -3.60. The molecule has 3 heterocycles. The molecule has 3 N–H and O–H groups in total. The van der Waals surface area contributed by atoms with Crippen molar-refractivity contribution in [1.29, 1.82) is 0 Å². The lowest BCUT2D eigenvalue weighted by molar-refractivity contribution is -0.133. The first kappa shape index (κ1) is 24.5. The van der Waals surface area contributed by atoms with Crippen LogP contribution in [0.4, 0.5) is 16.2 Å².